The summed E-state index contributed by atoms with van der Waals surface area (Å²) >= 11 is 0. The lowest BCUT2D eigenvalue weighted by molar-refractivity contribution is -0.144. The molecular formula is C28H16F12O8. The number of benzene rings is 2. The highest BCUT2D eigenvalue weighted by Gasteiger charge is 2.41. The van der Waals surface area contributed by atoms with Gasteiger partial charge in [0.2, 0.25) is 6.29 Å². The van der Waals surface area contributed by atoms with Crippen LogP contribution in [0.15, 0.2) is 85.0 Å². The first-order chi connectivity index (χ1) is 21.6. The van der Waals surface area contributed by atoms with Gasteiger partial charge in [0.25, 0.3) is 0 Å². The Morgan fingerprint density at radius 1 is 0.542 bits per heavy atom. The quantitative estimate of drug-likeness (QED) is 0.0688. The van der Waals surface area contributed by atoms with Crippen molar-refractivity contribution in [2.75, 3.05) is 0 Å². The summed E-state index contributed by atoms with van der Waals surface area (Å²) < 4.78 is 174. The minimum atomic E-state index is -5.39. The molecular weight excluding hydrogens is 692 g/mol. The molecule has 0 radical (unpaired) electrons. The highest BCUT2D eigenvalue weighted by Crippen LogP contribution is 2.39. The fraction of sp³-hybridized carbons (Fsp3) is 0.179. The maximum atomic E-state index is 13.0. The topological polar surface area (TPSA) is 108 Å². The number of carbonyl (C=O) groups is 3. The molecule has 0 saturated carbocycles. The number of ether oxygens (including phenoxy) is 4. The van der Waals surface area contributed by atoms with Gasteiger partial charge in [0.1, 0.15) is 28.2 Å². The van der Waals surface area contributed by atoms with Crippen molar-refractivity contribution in [1.29, 1.82) is 0 Å². The molecule has 1 atom stereocenters. The van der Waals surface area contributed by atoms with Gasteiger partial charge in [0.05, 0.1) is 5.57 Å². The van der Waals surface area contributed by atoms with Gasteiger partial charge in [-0.25, -0.2) is 14.4 Å². The van der Waals surface area contributed by atoms with Gasteiger partial charge >= 0.3 is 42.6 Å². The minimum absolute atomic E-state index is 0.456. The van der Waals surface area contributed by atoms with Gasteiger partial charge in [-0.05, 0) is 35.4 Å². The summed E-state index contributed by atoms with van der Waals surface area (Å²) in [5, 5.41) is 9.78. The number of halogens is 12. The summed E-state index contributed by atoms with van der Waals surface area (Å²) in [6.45, 7) is 10.00. The van der Waals surface area contributed by atoms with Crippen LogP contribution < -0.4 is 18.9 Å². The van der Waals surface area contributed by atoms with E-state index in [1.807, 2.05) is 0 Å². The Bertz CT molecular complexity index is 1610. The summed E-state index contributed by atoms with van der Waals surface area (Å²) in [6, 6.07) is 3.68. The van der Waals surface area contributed by atoms with Gasteiger partial charge in [-0.2, -0.15) is 52.7 Å². The van der Waals surface area contributed by atoms with E-state index in [0.29, 0.717) is 30.3 Å². The van der Waals surface area contributed by atoms with Crippen LogP contribution >= 0.6 is 0 Å². The van der Waals surface area contributed by atoms with Crippen LogP contribution in [0.2, 0.25) is 0 Å². The second kappa shape index (κ2) is 13.8. The average Bonchev–Trinajstić information content (AvgIpc) is 2.93. The van der Waals surface area contributed by atoms with Crippen LogP contribution in [-0.2, 0) is 14.4 Å². The second-order valence-electron chi connectivity index (χ2n) is 8.95. The van der Waals surface area contributed by atoms with Crippen molar-refractivity contribution < 1.29 is 91.1 Å². The number of hydrogen-bond donors (Lipinski definition) is 1. The maximum absolute atomic E-state index is 13.0. The maximum Gasteiger partial charge on any atom is 0.422 e. The van der Waals surface area contributed by atoms with Crippen LogP contribution in [0.25, 0.3) is 11.1 Å². The molecule has 0 fully saturated rings. The Morgan fingerprint density at radius 2 is 0.938 bits per heavy atom. The van der Waals surface area contributed by atoms with Crippen LogP contribution in [-0.4, -0.2) is 54.0 Å². The van der Waals surface area contributed by atoms with Gasteiger partial charge in [-0.1, -0.05) is 32.4 Å². The van der Waals surface area contributed by atoms with Crippen molar-refractivity contribution in [2.24, 2.45) is 0 Å². The van der Waals surface area contributed by atoms with Gasteiger partial charge in [0, 0.05) is 6.07 Å². The van der Waals surface area contributed by atoms with E-state index in [1.54, 1.807) is 0 Å². The zero-order valence-corrected chi connectivity index (χ0v) is 23.2. The van der Waals surface area contributed by atoms with E-state index in [1.165, 1.54) is 0 Å². The van der Waals surface area contributed by atoms with Crippen molar-refractivity contribution >= 4 is 17.9 Å². The molecule has 0 saturated heterocycles. The van der Waals surface area contributed by atoms with Gasteiger partial charge < -0.3 is 24.1 Å². The van der Waals surface area contributed by atoms with Crippen LogP contribution in [0.5, 0.6) is 23.0 Å². The number of aliphatic hydroxyl groups excluding tert-OH is 1. The van der Waals surface area contributed by atoms with E-state index in [4.69, 9.17) is 0 Å². The number of esters is 3. The van der Waals surface area contributed by atoms with E-state index >= 15 is 0 Å². The first kappa shape index (κ1) is 38.9. The SMILES string of the molecule is C=C(C(=O)Oc1cc(OC(=O)C(=C)C(F)(F)F)cc(-c2ccc(OC(O)C(=C)C(F)(F)F)c(OC(=O)C(=C)C(F)(F)F)c2)c1)C(F)(F)F. The van der Waals surface area contributed by atoms with Crippen LogP contribution in [0.1, 0.15) is 0 Å². The van der Waals surface area contributed by atoms with E-state index < -0.39 is 105 Å². The van der Waals surface area contributed by atoms with Crippen molar-refractivity contribution in [2.45, 2.75) is 31.0 Å². The normalized spacial score (nSPS) is 12.8. The predicted octanol–water partition coefficient (Wildman–Crippen LogP) is 7.24. The molecule has 0 heterocycles. The molecule has 0 amide bonds. The molecule has 0 bridgehead atoms. The Morgan fingerprint density at radius 3 is 1.31 bits per heavy atom. The fourth-order valence-corrected chi connectivity index (χ4v) is 2.90. The monoisotopic (exact) mass is 708 g/mol. The van der Waals surface area contributed by atoms with Crippen molar-refractivity contribution in [3.63, 3.8) is 0 Å². The number of rotatable bonds is 10. The summed E-state index contributed by atoms with van der Waals surface area (Å²) in [7, 11) is 0. The summed E-state index contributed by atoms with van der Waals surface area (Å²) in [6.07, 6.45) is -24.2. The first-order valence-electron chi connectivity index (χ1n) is 12.0. The lowest BCUT2D eigenvalue weighted by atomic mass is 10.0. The molecule has 2 aromatic carbocycles. The molecule has 0 spiro atoms. The first-order valence-corrected chi connectivity index (χ1v) is 12.0. The molecule has 0 aliphatic heterocycles. The average molecular weight is 708 g/mol. The number of alkyl halides is 12. The molecule has 0 aliphatic carbocycles. The summed E-state index contributed by atoms with van der Waals surface area (Å²) in [5.41, 5.74) is -9.20. The molecule has 8 nitrogen and oxygen atoms in total. The number of carbonyl (C=O) groups excluding carboxylic acids is 3. The largest absolute Gasteiger partial charge is 0.457 e. The van der Waals surface area contributed by atoms with E-state index in [0.717, 1.165) is 6.07 Å². The number of hydrogen-bond acceptors (Lipinski definition) is 8. The van der Waals surface area contributed by atoms with Crippen molar-refractivity contribution in [3.05, 3.63) is 85.0 Å². The zero-order chi connectivity index (χ0) is 37.2. The lowest BCUT2D eigenvalue weighted by Gasteiger charge is -2.20. The molecule has 20 heteroatoms. The summed E-state index contributed by atoms with van der Waals surface area (Å²) in [5.74, 6) is -10.7. The highest BCUT2D eigenvalue weighted by atomic mass is 19.4. The zero-order valence-electron chi connectivity index (χ0n) is 23.2. The number of aliphatic hydroxyl groups is 1. The van der Waals surface area contributed by atoms with Crippen molar-refractivity contribution in [3.8, 4) is 34.1 Å². The Kier molecular flexibility index (Phi) is 11.2. The van der Waals surface area contributed by atoms with Crippen molar-refractivity contribution in [1.82, 2.24) is 0 Å². The van der Waals surface area contributed by atoms with Gasteiger partial charge in [0.15, 0.2) is 11.5 Å². The molecule has 0 aliphatic rings. The Hall–Kier alpha value is -5.27. The highest BCUT2D eigenvalue weighted by molar-refractivity contribution is 5.93. The molecule has 1 unspecified atom stereocenters. The van der Waals surface area contributed by atoms with Crippen LogP contribution in [0, 0.1) is 0 Å². The minimum Gasteiger partial charge on any atom is -0.457 e. The Balaban J connectivity index is 2.73. The molecule has 0 aromatic heterocycles. The lowest BCUT2D eigenvalue weighted by Crippen LogP contribution is -2.28. The van der Waals surface area contributed by atoms with Crippen LogP contribution in [0.3, 0.4) is 0 Å². The van der Waals surface area contributed by atoms with Gasteiger partial charge in [-0.15, -0.1) is 0 Å². The fourth-order valence-electron chi connectivity index (χ4n) is 2.90. The third kappa shape index (κ3) is 10.1. The van der Waals surface area contributed by atoms with E-state index in [9.17, 15) is 72.2 Å². The predicted molar refractivity (Wildman–Crippen MR) is 136 cm³/mol. The van der Waals surface area contributed by atoms with Gasteiger partial charge in [-0.3, -0.25) is 0 Å². The third-order valence-corrected chi connectivity index (χ3v) is 5.45. The Labute approximate surface area is 259 Å². The molecule has 2 rings (SSSR count). The van der Waals surface area contributed by atoms with E-state index in [-0.39, 0.29) is 0 Å². The third-order valence-electron chi connectivity index (χ3n) is 5.45. The second-order valence-corrected chi connectivity index (χ2v) is 8.95. The molecule has 48 heavy (non-hydrogen) atoms. The molecule has 1 N–H and O–H groups in total. The molecule has 260 valence electrons. The van der Waals surface area contributed by atoms with Crippen LogP contribution in [0.4, 0.5) is 52.7 Å². The smallest absolute Gasteiger partial charge is 0.422 e. The standard InChI is InChI=1S/C28H16F12O8/c1-11(25(29,30)31)21(41)45-17-7-16(8-18(10-17)46-22(42)12(2)26(32,33)34)15-5-6-19(47-23(43)13(3)27(35,36)37)20(9-15)48-24(44)14(4)28(38,39)40/h5-10,23,43H,1-4H2. The van der Waals surface area contributed by atoms with E-state index in [2.05, 4.69) is 45.3 Å². The summed E-state index contributed by atoms with van der Waals surface area (Å²) in [4.78, 5) is 36.1. The molecule has 2 aromatic rings.